The minimum atomic E-state index is -0.756. The standard InChI is InChI=1S/C23H29NO6/c1-15(7-8-16-5-4-6-22-19(16)13-29-14-30-22)24-12-20(25)17-9-10-21(27-2)18(11-17)23(26)28-3/h4-6,9-11,15,20,24-25H,7-8,12-14H2,1-3H3. The number of aryl methyl sites for hydroxylation is 1. The predicted molar refractivity (Wildman–Crippen MR) is 112 cm³/mol. The van der Waals surface area contributed by atoms with Crippen molar-refractivity contribution >= 4 is 5.97 Å². The third-order valence-electron chi connectivity index (χ3n) is 5.29. The zero-order valence-electron chi connectivity index (χ0n) is 17.6. The second-order valence-corrected chi connectivity index (χ2v) is 7.32. The first-order chi connectivity index (χ1) is 14.5. The molecule has 2 aromatic rings. The summed E-state index contributed by atoms with van der Waals surface area (Å²) in [5.41, 5.74) is 3.26. The highest BCUT2D eigenvalue weighted by Crippen LogP contribution is 2.28. The minimum absolute atomic E-state index is 0.194. The van der Waals surface area contributed by atoms with Crippen LogP contribution in [0.25, 0.3) is 0 Å². The van der Waals surface area contributed by atoms with E-state index in [-0.39, 0.29) is 6.04 Å². The van der Waals surface area contributed by atoms with E-state index >= 15 is 0 Å². The van der Waals surface area contributed by atoms with Gasteiger partial charge in [0, 0.05) is 18.2 Å². The number of aliphatic hydroxyl groups excluding tert-OH is 1. The Labute approximate surface area is 176 Å². The van der Waals surface area contributed by atoms with Crippen LogP contribution in [0.1, 0.15) is 46.5 Å². The third kappa shape index (κ3) is 5.30. The molecular weight excluding hydrogens is 386 g/mol. The average molecular weight is 415 g/mol. The van der Waals surface area contributed by atoms with Gasteiger partial charge in [0.15, 0.2) is 6.79 Å². The summed E-state index contributed by atoms with van der Waals surface area (Å²) in [5, 5.41) is 13.9. The quantitative estimate of drug-likeness (QED) is 0.609. The summed E-state index contributed by atoms with van der Waals surface area (Å²) < 4.78 is 20.9. The van der Waals surface area contributed by atoms with Gasteiger partial charge in [0.25, 0.3) is 0 Å². The van der Waals surface area contributed by atoms with Crippen molar-refractivity contribution in [1.29, 1.82) is 0 Å². The molecule has 1 heterocycles. The van der Waals surface area contributed by atoms with Gasteiger partial charge in [-0.1, -0.05) is 18.2 Å². The van der Waals surface area contributed by atoms with Crippen molar-refractivity contribution in [2.24, 2.45) is 0 Å². The van der Waals surface area contributed by atoms with Gasteiger partial charge in [-0.15, -0.1) is 0 Å². The molecule has 0 saturated carbocycles. The molecule has 0 radical (unpaired) electrons. The number of esters is 1. The van der Waals surface area contributed by atoms with E-state index in [1.807, 2.05) is 12.1 Å². The van der Waals surface area contributed by atoms with Gasteiger partial charge < -0.3 is 29.4 Å². The van der Waals surface area contributed by atoms with Crippen molar-refractivity contribution in [2.75, 3.05) is 27.6 Å². The molecule has 1 aliphatic heterocycles. The number of aliphatic hydroxyl groups is 1. The Balaban J connectivity index is 1.55. The van der Waals surface area contributed by atoms with Crippen LogP contribution < -0.4 is 14.8 Å². The van der Waals surface area contributed by atoms with Gasteiger partial charge in [0.1, 0.15) is 17.1 Å². The zero-order chi connectivity index (χ0) is 21.5. The van der Waals surface area contributed by atoms with Gasteiger partial charge in [-0.2, -0.15) is 0 Å². The van der Waals surface area contributed by atoms with Gasteiger partial charge in [-0.25, -0.2) is 4.79 Å². The van der Waals surface area contributed by atoms with Crippen molar-refractivity contribution in [3.8, 4) is 11.5 Å². The van der Waals surface area contributed by atoms with E-state index in [4.69, 9.17) is 18.9 Å². The summed E-state index contributed by atoms with van der Waals surface area (Å²) in [4.78, 5) is 11.9. The summed E-state index contributed by atoms with van der Waals surface area (Å²) in [6, 6.07) is 11.3. The number of rotatable bonds is 9. The zero-order valence-corrected chi connectivity index (χ0v) is 17.6. The number of ether oxygens (including phenoxy) is 4. The molecule has 2 aromatic carbocycles. The molecule has 0 bridgehead atoms. The smallest absolute Gasteiger partial charge is 0.341 e. The molecule has 0 aliphatic carbocycles. The van der Waals surface area contributed by atoms with Crippen LogP contribution in [0.4, 0.5) is 0 Å². The summed E-state index contributed by atoms with van der Waals surface area (Å²) >= 11 is 0. The average Bonchev–Trinajstić information content (AvgIpc) is 2.80. The summed E-state index contributed by atoms with van der Waals surface area (Å²) in [5.74, 6) is 0.815. The first-order valence-corrected chi connectivity index (χ1v) is 10.0. The molecule has 3 rings (SSSR count). The Kier molecular flexibility index (Phi) is 7.68. The summed E-state index contributed by atoms with van der Waals surface area (Å²) in [6.45, 7) is 3.33. The Morgan fingerprint density at radius 2 is 2.10 bits per heavy atom. The first kappa shape index (κ1) is 22.1. The second kappa shape index (κ2) is 10.4. The Bertz CT molecular complexity index is 869. The molecule has 0 aromatic heterocycles. The van der Waals surface area contributed by atoms with Gasteiger partial charge >= 0.3 is 5.97 Å². The third-order valence-corrected chi connectivity index (χ3v) is 5.29. The van der Waals surface area contributed by atoms with E-state index in [9.17, 15) is 9.90 Å². The number of benzene rings is 2. The van der Waals surface area contributed by atoms with Crippen LogP contribution in [0.2, 0.25) is 0 Å². The van der Waals surface area contributed by atoms with E-state index in [0.717, 1.165) is 24.2 Å². The molecule has 2 N–H and O–H groups in total. The molecule has 7 nitrogen and oxygen atoms in total. The summed E-state index contributed by atoms with van der Waals surface area (Å²) in [7, 11) is 2.81. The van der Waals surface area contributed by atoms with E-state index in [1.54, 1.807) is 18.2 Å². The van der Waals surface area contributed by atoms with Crippen molar-refractivity contribution in [3.63, 3.8) is 0 Å². The molecule has 0 spiro atoms. The molecule has 2 atom stereocenters. The van der Waals surface area contributed by atoms with E-state index < -0.39 is 12.1 Å². The molecule has 30 heavy (non-hydrogen) atoms. The highest BCUT2D eigenvalue weighted by atomic mass is 16.7. The summed E-state index contributed by atoms with van der Waals surface area (Å²) in [6.07, 6.45) is 1.03. The lowest BCUT2D eigenvalue weighted by Gasteiger charge is -2.22. The monoisotopic (exact) mass is 415 g/mol. The fraction of sp³-hybridized carbons (Fsp3) is 0.435. The topological polar surface area (TPSA) is 86.3 Å². The van der Waals surface area contributed by atoms with Gasteiger partial charge in [-0.3, -0.25) is 0 Å². The lowest BCUT2D eigenvalue weighted by atomic mass is 9.99. The Morgan fingerprint density at radius 1 is 1.27 bits per heavy atom. The van der Waals surface area contributed by atoms with Crippen molar-refractivity contribution in [1.82, 2.24) is 5.32 Å². The Morgan fingerprint density at radius 3 is 2.87 bits per heavy atom. The maximum atomic E-state index is 11.9. The highest BCUT2D eigenvalue weighted by Gasteiger charge is 2.18. The Hall–Kier alpha value is -2.61. The SMILES string of the molecule is COC(=O)c1cc(C(O)CNC(C)CCc2cccc3c2COCO3)ccc1OC. The van der Waals surface area contributed by atoms with E-state index in [0.29, 0.717) is 36.8 Å². The predicted octanol–water partition coefficient (Wildman–Crippen LogP) is 2.99. The number of methoxy groups -OCH3 is 2. The lowest BCUT2D eigenvalue weighted by Crippen LogP contribution is -2.31. The molecule has 2 unspecified atom stereocenters. The van der Waals surface area contributed by atoms with Gasteiger partial charge in [0.05, 0.1) is 26.9 Å². The number of fused-ring (bicyclic) bond motifs is 1. The highest BCUT2D eigenvalue weighted by molar-refractivity contribution is 5.92. The van der Waals surface area contributed by atoms with Crippen molar-refractivity contribution < 1.29 is 28.8 Å². The fourth-order valence-electron chi connectivity index (χ4n) is 3.50. The second-order valence-electron chi connectivity index (χ2n) is 7.32. The van der Waals surface area contributed by atoms with Crippen LogP contribution in [0.15, 0.2) is 36.4 Å². The number of carbonyl (C=O) groups is 1. The van der Waals surface area contributed by atoms with Crippen molar-refractivity contribution in [3.05, 3.63) is 58.7 Å². The molecule has 0 saturated heterocycles. The van der Waals surface area contributed by atoms with Crippen LogP contribution in [-0.2, 0) is 22.5 Å². The molecule has 0 amide bonds. The molecular formula is C23H29NO6. The maximum Gasteiger partial charge on any atom is 0.341 e. The normalized spacial score (nSPS) is 14.9. The largest absolute Gasteiger partial charge is 0.496 e. The molecule has 1 aliphatic rings. The maximum absolute atomic E-state index is 11.9. The van der Waals surface area contributed by atoms with Crippen molar-refractivity contribution in [2.45, 2.75) is 38.5 Å². The molecule has 7 heteroatoms. The molecule has 0 fully saturated rings. The molecule has 162 valence electrons. The number of nitrogens with one attached hydrogen (secondary N) is 1. The van der Waals surface area contributed by atoms with Gasteiger partial charge in [0.2, 0.25) is 0 Å². The number of carbonyl (C=O) groups excluding carboxylic acids is 1. The van der Waals surface area contributed by atoms with Crippen LogP contribution >= 0.6 is 0 Å². The minimum Gasteiger partial charge on any atom is -0.496 e. The van der Waals surface area contributed by atoms with Gasteiger partial charge in [-0.05, 0) is 49.1 Å². The van der Waals surface area contributed by atoms with E-state index in [2.05, 4.69) is 18.3 Å². The van der Waals surface area contributed by atoms with Crippen LogP contribution in [0, 0.1) is 0 Å². The first-order valence-electron chi connectivity index (χ1n) is 10.0. The van der Waals surface area contributed by atoms with E-state index in [1.165, 1.54) is 19.8 Å². The fourth-order valence-corrected chi connectivity index (χ4v) is 3.50. The van der Waals surface area contributed by atoms with Crippen LogP contribution in [-0.4, -0.2) is 44.7 Å². The number of hydrogen-bond donors (Lipinski definition) is 2. The van der Waals surface area contributed by atoms with Crippen LogP contribution in [0.3, 0.4) is 0 Å². The van der Waals surface area contributed by atoms with Crippen LogP contribution in [0.5, 0.6) is 11.5 Å². The lowest BCUT2D eigenvalue weighted by molar-refractivity contribution is -0.0168. The number of hydrogen-bond acceptors (Lipinski definition) is 7.